The molecule has 2 aliphatic heterocycles. The van der Waals surface area contributed by atoms with E-state index in [1.165, 1.54) is 6.07 Å². The molecule has 4 heterocycles. The molecule has 32 heavy (non-hydrogen) atoms. The average molecular weight is 432 g/mol. The summed E-state index contributed by atoms with van der Waals surface area (Å²) in [5, 5.41) is 0.755. The Morgan fingerprint density at radius 3 is 2.56 bits per heavy atom. The van der Waals surface area contributed by atoms with Gasteiger partial charge in [0.15, 0.2) is 17.3 Å². The van der Waals surface area contributed by atoms with Gasteiger partial charge < -0.3 is 23.2 Å². The Hall–Kier alpha value is -3.78. The van der Waals surface area contributed by atoms with Crippen LogP contribution in [-0.2, 0) is 6.54 Å². The Kier molecular flexibility index (Phi) is 4.39. The Balaban J connectivity index is 1.16. The summed E-state index contributed by atoms with van der Waals surface area (Å²) >= 11 is 0. The van der Waals surface area contributed by atoms with E-state index in [-0.39, 0.29) is 35.1 Å². The van der Waals surface area contributed by atoms with Crippen LogP contribution >= 0.6 is 0 Å². The van der Waals surface area contributed by atoms with E-state index < -0.39 is 0 Å². The van der Waals surface area contributed by atoms with E-state index in [0.717, 1.165) is 36.7 Å². The molecule has 0 atom stereocenters. The standard InChI is InChI=1S/C24H20N2O6/c27-22-16-3-1-2-4-18(16)31-24-17(22)12-21(32-24)23(28)26-9-7-25(8-10-26)13-15-5-6-19-20(11-15)30-14-29-19/h1-6,11-12H,7-10,13-14H2. The molecule has 2 aromatic carbocycles. The van der Waals surface area contributed by atoms with Gasteiger partial charge in [-0.2, -0.15) is 0 Å². The summed E-state index contributed by atoms with van der Waals surface area (Å²) in [6.07, 6.45) is 0. The van der Waals surface area contributed by atoms with Gasteiger partial charge in [-0.25, -0.2) is 0 Å². The summed E-state index contributed by atoms with van der Waals surface area (Å²) in [7, 11) is 0. The molecule has 2 aromatic heterocycles. The van der Waals surface area contributed by atoms with Crippen LogP contribution in [0.1, 0.15) is 16.1 Å². The second kappa shape index (κ2) is 7.42. The first-order valence-electron chi connectivity index (χ1n) is 10.5. The van der Waals surface area contributed by atoms with Gasteiger partial charge in [-0.3, -0.25) is 14.5 Å². The molecule has 0 N–H and O–H groups in total. The molecule has 0 spiro atoms. The van der Waals surface area contributed by atoms with E-state index in [4.69, 9.17) is 18.3 Å². The van der Waals surface area contributed by atoms with Crippen LogP contribution in [0.3, 0.4) is 0 Å². The van der Waals surface area contributed by atoms with Crippen molar-refractivity contribution in [2.45, 2.75) is 6.54 Å². The summed E-state index contributed by atoms with van der Waals surface area (Å²) in [5.41, 5.74) is 1.39. The first-order valence-corrected chi connectivity index (χ1v) is 10.5. The fourth-order valence-electron chi connectivity index (χ4n) is 4.26. The molecule has 8 heteroatoms. The maximum atomic E-state index is 13.0. The molecular formula is C24H20N2O6. The lowest BCUT2D eigenvalue weighted by Crippen LogP contribution is -2.48. The van der Waals surface area contributed by atoms with Crippen molar-refractivity contribution in [3.05, 3.63) is 70.1 Å². The normalized spacial score (nSPS) is 16.2. The highest BCUT2D eigenvalue weighted by atomic mass is 16.7. The first-order chi connectivity index (χ1) is 15.7. The van der Waals surface area contributed by atoms with E-state index in [1.807, 2.05) is 18.2 Å². The van der Waals surface area contributed by atoms with Gasteiger partial charge in [0.25, 0.3) is 5.91 Å². The summed E-state index contributed by atoms with van der Waals surface area (Å²) < 4.78 is 22.1. The molecule has 0 unspecified atom stereocenters. The van der Waals surface area contributed by atoms with Gasteiger partial charge in [0, 0.05) is 38.8 Å². The minimum absolute atomic E-state index is 0.0819. The summed E-state index contributed by atoms with van der Waals surface area (Å²) in [4.78, 5) is 29.8. The van der Waals surface area contributed by atoms with Gasteiger partial charge in [-0.1, -0.05) is 18.2 Å². The van der Waals surface area contributed by atoms with E-state index in [9.17, 15) is 9.59 Å². The topological polar surface area (TPSA) is 85.4 Å². The van der Waals surface area contributed by atoms with Crippen molar-refractivity contribution >= 4 is 28.0 Å². The second-order valence-corrected chi connectivity index (χ2v) is 8.00. The van der Waals surface area contributed by atoms with Crippen molar-refractivity contribution in [3.8, 4) is 11.5 Å². The van der Waals surface area contributed by atoms with Crippen molar-refractivity contribution in [2.24, 2.45) is 0 Å². The number of carbonyl (C=O) groups is 1. The smallest absolute Gasteiger partial charge is 0.302 e. The first kappa shape index (κ1) is 18.9. The van der Waals surface area contributed by atoms with Crippen molar-refractivity contribution in [3.63, 3.8) is 0 Å². The molecule has 0 radical (unpaired) electrons. The zero-order chi connectivity index (χ0) is 21.7. The third kappa shape index (κ3) is 3.20. The van der Waals surface area contributed by atoms with E-state index in [1.54, 1.807) is 29.2 Å². The summed E-state index contributed by atoms with van der Waals surface area (Å²) in [6.45, 7) is 3.66. The Labute approximate surface area is 182 Å². The molecule has 1 amide bonds. The van der Waals surface area contributed by atoms with Gasteiger partial charge in [-0.15, -0.1) is 0 Å². The van der Waals surface area contributed by atoms with Gasteiger partial charge in [0.05, 0.1) is 5.39 Å². The number of fused-ring (bicyclic) bond motifs is 3. The van der Waals surface area contributed by atoms with Crippen LogP contribution in [0.15, 0.2) is 62.2 Å². The van der Waals surface area contributed by atoms with E-state index in [0.29, 0.717) is 24.1 Å². The molecular weight excluding hydrogens is 412 g/mol. The Morgan fingerprint density at radius 2 is 1.69 bits per heavy atom. The quantitative estimate of drug-likeness (QED) is 0.491. The molecule has 2 aliphatic rings. The number of rotatable bonds is 3. The van der Waals surface area contributed by atoms with Gasteiger partial charge in [-0.05, 0) is 29.8 Å². The molecule has 162 valence electrons. The molecule has 0 bridgehead atoms. The maximum absolute atomic E-state index is 13.0. The van der Waals surface area contributed by atoms with Crippen LogP contribution < -0.4 is 14.9 Å². The Bertz CT molecular complexity index is 1400. The lowest BCUT2D eigenvalue weighted by Gasteiger charge is -2.34. The molecule has 8 nitrogen and oxygen atoms in total. The predicted octanol–water partition coefficient (Wildman–Crippen LogP) is 3.23. The SMILES string of the molecule is O=C(c1cc2c(=O)c3ccccc3oc2o1)N1CCN(Cc2ccc3c(c2)OCO3)CC1. The third-order valence-corrected chi connectivity index (χ3v) is 5.99. The monoisotopic (exact) mass is 432 g/mol. The Morgan fingerprint density at radius 1 is 0.875 bits per heavy atom. The third-order valence-electron chi connectivity index (χ3n) is 5.99. The van der Waals surface area contributed by atoms with Gasteiger partial charge in [0.2, 0.25) is 12.2 Å². The van der Waals surface area contributed by atoms with Crippen LogP contribution in [0.25, 0.3) is 22.1 Å². The highest BCUT2D eigenvalue weighted by Crippen LogP contribution is 2.33. The minimum atomic E-state index is -0.234. The number of benzene rings is 2. The fourth-order valence-corrected chi connectivity index (χ4v) is 4.26. The number of nitrogens with zero attached hydrogens (tertiary/aromatic N) is 2. The number of amides is 1. The number of carbonyl (C=O) groups excluding carboxylic acids is 1. The number of furan rings is 1. The number of ether oxygens (including phenoxy) is 2. The molecule has 1 saturated heterocycles. The zero-order valence-electron chi connectivity index (χ0n) is 17.2. The number of para-hydroxylation sites is 1. The summed E-state index contributed by atoms with van der Waals surface area (Å²) in [6, 6.07) is 14.4. The maximum Gasteiger partial charge on any atom is 0.302 e. The minimum Gasteiger partial charge on any atom is -0.454 e. The molecule has 0 aliphatic carbocycles. The lowest BCUT2D eigenvalue weighted by molar-refractivity contribution is 0.0598. The van der Waals surface area contributed by atoms with Crippen LogP contribution in [0.2, 0.25) is 0 Å². The van der Waals surface area contributed by atoms with E-state index in [2.05, 4.69) is 4.90 Å². The van der Waals surface area contributed by atoms with Crippen molar-refractivity contribution in [2.75, 3.05) is 33.0 Å². The van der Waals surface area contributed by atoms with Gasteiger partial charge >= 0.3 is 5.78 Å². The number of hydrogen-bond acceptors (Lipinski definition) is 7. The predicted molar refractivity (Wildman–Crippen MR) is 116 cm³/mol. The van der Waals surface area contributed by atoms with Crippen LogP contribution in [0, 0.1) is 0 Å². The van der Waals surface area contributed by atoms with Gasteiger partial charge in [0.1, 0.15) is 11.0 Å². The summed E-state index contributed by atoms with van der Waals surface area (Å²) in [5.74, 6) is 1.52. The molecule has 6 rings (SSSR count). The number of hydrogen-bond donors (Lipinski definition) is 0. The zero-order valence-corrected chi connectivity index (χ0v) is 17.2. The molecule has 0 saturated carbocycles. The highest BCUT2D eigenvalue weighted by molar-refractivity contribution is 5.97. The average Bonchev–Trinajstić information content (AvgIpc) is 3.46. The van der Waals surface area contributed by atoms with Crippen molar-refractivity contribution in [1.82, 2.24) is 9.80 Å². The van der Waals surface area contributed by atoms with Crippen molar-refractivity contribution < 1.29 is 23.1 Å². The second-order valence-electron chi connectivity index (χ2n) is 8.00. The van der Waals surface area contributed by atoms with Crippen LogP contribution in [-0.4, -0.2) is 48.7 Å². The highest BCUT2D eigenvalue weighted by Gasteiger charge is 2.26. The largest absolute Gasteiger partial charge is 0.454 e. The molecule has 4 aromatic rings. The van der Waals surface area contributed by atoms with Crippen molar-refractivity contribution in [1.29, 1.82) is 0 Å². The molecule has 1 fully saturated rings. The van der Waals surface area contributed by atoms with Crippen LogP contribution in [0.4, 0.5) is 0 Å². The van der Waals surface area contributed by atoms with E-state index >= 15 is 0 Å². The lowest BCUT2D eigenvalue weighted by atomic mass is 10.1. The number of piperazine rings is 1. The van der Waals surface area contributed by atoms with Crippen LogP contribution in [0.5, 0.6) is 11.5 Å². The fraction of sp³-hybridized carbons (Fsp3) is 0.250.